The summed E-state index contributed by atoms with van der Waals surface area (Å²) in [5.74, 6) is 0.753. The molecular weight excluding hydrogens is 434 g/mol. The number of nitrogens with zero attached hydrogens (tertiary/aromatic N) is 4. The molecule has 1 N–H and O–H groups in total. The van der Waals surface area contributed by atoms with Crippen LogP contribution in [-0.2, 0) is 16.9 Å². The molecule has 3 aromatic rings. The van der Waals surface area contributed by atoms with E-state index in [-0.39, 0.29) is 23.9 Å². The number of rotatable bonds is 7. The molecule has 1 aromatic heterocycles. The predicted octanol–water partition coefficient (Wildman–Crippen LogP) is 2.63. The van der Waals surface area contributed by atoms with Crippen molar-refractivity contribution in [2.75, 3.05) is 14.2 Å². The Labute approximate surface area is 187 Å². The summed E-state index contributed by atoms with van der Waals surface area (Å²) in [6.07, 6.45) is 0. The maximum atomic E-state index is 13.1. The molecule has 1 aliphatic rings. The molecule has 0 bridgehead atoms. The number of aromatic nitrogens is 2. The van der Waals surface area contributed by atoms with E-state index in [1.54, 1.807) is 18.2 Å². The van der Waals surface area contributed by atoms with Crippen LogP contribution in [-0.4, -0.2) is 46.1 Å². The van der Waals surface area contributed by atoms with Crippen LogP contribution >= 0.6 is 0 Å². The minimum Gasteiger partial charge on any atom is -0.497 e. The molecule has 1 atom stereocenters. The molecular formula is C21H19N5O7. The molecule has 0 radical (unpaired) electrons. The van der Waals surface area contributed by atoms with Gasteiger partial charge in [0, 0.05) is 18.2 Å². The fraction of sp³-hybridized carbons (Fsp3) is 0.238. The minimum atomic E-state index is -1.39. The van der Waals surface area contributed by atoms with Gasteiger partial charge in [-0.3, -0.25) is 19.8 Å². The molecule has 3 amide bonds. The van der Waals surface area contributed by atoms with E-state index in [1.807, 2.05) is 0 Å². The molecule has 1 aliphatic heterocycles. The number of carbonyl (C=O) groups is 2. The number of non-ortho nitro benzene ring substituents is 1. The standard InChI is InChI=1S/C21H19N5O7/c1-21(12-4-6-13(7-5-12)26(29)30)19(27)25(20(28)23-21)11-17-22-18(24-33-17)15-9-8-14(31-2)10-16(15)32-3/h4-10H,11H2,1-3H3,(H,23,28). The van der Waals surface area contributed by atoms with Crippen LogP contribution in [0.5, 0.6) is 11.5 Å². The topological polar surface area (TPSA) is 150 Å². The fourth-order valence-corrected chi connectivity index (χ4v) is 3.50. The third kappa shape index (κ3) is 3.82. The Hall–Kier alpha value is -4.48. The Bertz CT molecular complexity index is 1240. The lowest BCUT2D eigenvalue weighted by Crippen LogP contribution is -2.40. The summed E-state index contributed by atoms with van der Waals surface area (Å²) >= 11 is 0. The van der Waals surface area contributed by atoms with Gasteiger partial charge in [0.05, 0.1) is 24.7 Å². The Morgan fingerprint density at radius 1 is 1.15 bits per heavy atom. The first kappa shape index (κ1) is 21.7. The van der Waals surface area contributed by atoms with Gasteiger partial charge in [0.2, 0.25) is 11.7 Å². The quantitative estimate of drug-likeness (QED) is 0.323. The lowest BCUT2D eigenvalue weighted by Gasteiger charge is -2.21. The van der Waals surface area contributed by atoms with Gasteiger partial charge in [0.1, 0.15) is 23.6 Å². The predicted molar refractivity (Wildman–Crippen MR) is 112 cm³/mol. The Balaban J connectivity index is 1.56. The van der Waals surface area contributed by atoms with Crippen molar-refractivity contribution in [1.29, 1.82) is 0 Å². The van der Waals surface area contributed by atoms with Gasteiger partial charge in [-0.1, -0.05) is 5.16 Å². The first-order valence-corrected chi connectivity index (χ1v) is 9.71. The fourth-order valence-electron chi connectivity index (χ4n) is 3.50. The molecule has 12 heteroatoms. The summed E-state index contributed by atoms with van der Waals surface area (Å²) in [7, 11) is 3.02. The highest BCUT2D eigenvalue weighted by atomic mass is 16.6. The number of nitro benzene ring substituents is 1. The second-order valence-electron chi connectivity index (χ2n) is 7.33. The molecule has 0 spiro atoms. The maximum absolute atomic E-state index is 13.1. The Morgan fingerprint density at radius 2 is 1.88 bits per heavy atom. The van der Waals surface area contributed by atoms with Crippen LogP contribution in [0.15, 0.2) is 47.0 Å². The lowest BCUT2D eigenvalue weighted by molar-refractivity contribution is -0.384. The van der Waals surface area contributed by atoms with E-state index in [0.29, 0.717) is 22.6 Å². The average molecular weight is 453 g/mol. The minimum absolute atomic E-state index is 0.0410. The molecule has 2 aromatic carbocycles. The molecule has 1 saturated heterocycles. The first-order valence-electron chi connectivity index (χ1n) is 9.71. The highest BCUT2D eigenvalue weighted by molar-refractivity contribution is 6.07. The van der Waals surface area contributed by atoms with Crippen molar-refractivity contribution in [3.63, 3.8) is 0 Å². The molecule has 1 fully saturated rings. The van der Waals surface area contributed by atoms with Gasteiger partial charge in [0.15, 0.2) is 0 Å². The average Bonchev–Trinajstić information content (AvgIpc) is 3.37. The number of ether oxygens (including phenoxy) is 2. The third-order valence-electron chi connectivity index (χ3n) is 5.34. The number of urea groups is 1. The number of imide groups is 1. The zero-order valence-corrected chi connectivity index (χ0v) is 17.9. The van der Waals surface area contributed by atoms with Crippen molar-refractivity contribution in [1.82, 2.24) is 20.4 Å². The summed E-state index contributed by atoms with van der Waals surface area (Å²) in [6, 6.07) is 9.83. The van der Waals surface area contributed by atoms with E-state index in [2.05, 4.69) is 15.5 Å². The number of methoxy groups -OCH3 is 2. The molecule has 33 heavy (non-hydrogen) atoms. The second-order valence-corrected chi connectivity index (χ2v) is 7.33. The van der Waals surface area contributed by atoms with E-state index in [4.69, 9.17) is 14.0 Å². The summed E-state index contributed by atoms with van der Waals surface area (Å²) < 4.78 is 15.8. The van der Waals surface area contributed by atoms with Crippen LogP contribution in [0.4, 0.5) is 10.5 Å². The van der Waals surface area contributed by atoms with Gasteiger partial charge in [-0.25, -0.2) is 4.79 Å². The van der Waals surface area contributed by atoms with Gasteiger partial charge in [-0.05, 0) is 36.8 Å². The zero-order chi connectivity index (χ0) is 23.8. The first-order chi connectivity index (χ1) is 15.8. The number of nitro groups is 1. The number of amides is 3. The Kier molecular flexibility index (Phi) is 5.42. The molecule has 0 aliphatic carbocycles. The molecule has 12 nitrogen and oxygen atoms in total. The monoisotopic (exact) mass is 453 g/mol. The highest BCUT2D eigenvalue weighted by Crippen LogP contribution is 2.33. The van der Waals surface area contributed by atoms with Crippen LogP contribution in [0.2, 0.25) is 0 Å². The third-order valence-corrected chi connectivity index (χ3v) is 5.34. The van der Waals surface area contributed by atoms with Crippen molar-refractivity contribution in [3.05, 3.63) is 64.0 Å². The zero-order valence-electron chi connectivity index (χ0n) is 17.9. The number of benzene rings is 2. The van der Waals surface area contributed by atoms with E-state index in [1.165, 1.54) is 45.4 Å². The summed E-state index contributed by atoms with van der Waals surface area (Å²) in [6.45, 7) is 1.27. The summed E-state index contributed by atoms with van der Waals surface area (Å²) in [5, 5.41) is 17.4. The van der Waals surface area contributed by atoms with Crippen LogP contribution in [0.1, 0.15) is 18.4 Å². The Morgan fingerprint density at radius 3 is 2.52 bits per heavy atom. The van der Waals surface area contributed by atoms with E-state index in [9.17, 15) is 19.7 Å². The summed E-state index contributed by atoms with van der Waals surface area (Å²) in [4.78, 5) is 41.2. The van der Waals surface area contributed by atoms with Crippen LogP contribution < -0.4 is 14.8 Å². The molecule has 170 valence electrons. The molecule has 4 rings (SSSR count). The van der Waals surface area contributed by atoms with Crippen molar-refractivity contribution >= 4 is 17.6 Å². The largest absolute Gasteiger partial charge is 0.497 e. The normalized spacial score (nSPS) is 17.7. The van der Waals surface area contributed by atoms with Crippen LogP contribution in [0, 0.1) is 10.1 Å². The van der Waals surface area contributed by atoms with Crippen molar-refractivity contribution in [2.45, 2.75) is 19.0 Å². The number of carbonyl (C=O) groups excluding carboxylic acids is 2. The van der Waals surface area contributed by atoms with Crippen molar-refractivity contribution in [3.8, 4) is 22.9 Å². The van der Waals surface area contributed by atoms with Gasteiger partial charge in [-0.15, -0.1) is 0 Å². The number of hydrogen-bond donors (Lipinski definition) is 1. The van der Waals surface area contributed by atoms with Crippen LogP contribution in [0.25, 0.3) is 11.4 Å². The second kappa shape index (κ2) is 8.22. The van der Waals surface area contributed by atoms with Gasteiger partial charge in [-0.2, -0.15) is 4.98 Å². The number of nitrogens with one attached hydrogen (secondary N) is 1. The van der Waals surface area contributed by atoms with Crippen LogP contribution in [0.3, 0.4) is 0 Å². The van der Waals surface area contributed by atoms with E-state index in [0.717, 1.165) is 4.90 Å². The van der Waals surface area contributed by atoms with Crippen molar-refractivity contribution < 1.29 is 28.5 Å². The molecule has 0 saturated carbocycles. The van der Waals surface area contributed by atoms with Crippen molar-refractivity contribution in [2.24, 2.45) is 0 Å². The van der Waals surface area contributed by atoms with E-state index >= 15 is 0 Å². The lowest BCUT2D eigenvalue weighted by atomic mass is 9.92. The van der Waals surface area contributed by atoms with Gasteiger partial charge in [0.25, 0.3) is 11.6 Å². The van der Waals surface area contributed by atoms with Gasteiger partial charge >= 0.3 is 6.03 Å². The maximum Gasteiger partial charge on any atom is 0.325 e. The van der Waals surface area contributed by atoms with E-state index < -0.39 is 22.4 Å². The molecule has 1 unspecified atom stereocenters. The smallest absolute Gasteiger partial charge is 0.325 e. The SMILES string of the molecule is COc1ccc(-c2noc(CN3C(=O)NC(C)(c4ccc([N+](=O)[O-])cc4)C3=O)n2)c(OC)c1. The number of hydrogen-bond acceptors (Lipinski definition) is 9. The van der Waals surface area contributed by atoms with Gasteiger partial charge < -0.3 is 19.3 Å². The molecule has 2 heterocycles. The summed E-state index contributed by atoms with van der Waals surface area (Å²) in [5.41, 5.74) is -0.568. The highest BCUT2D eigenvalue weighted by Gasteiger charge is 2.49.